The molecule has 0 bridgehead atoms. The normalized spacial score (nSPS) is 33.2. The van der Waals surface area contributed by atoms with Gasteiger partial charge in [-0.05, 0) is 123 Å². The van der Waals surface area contributed by atoms with Crippen molar-refractivity contribution in [2.24, 2.45) is 28.6 Å². The van der Waals surface area contributed by atoms with Crippen molar-refractivity contribution in [3.05, 3.63) is 77.9 Å². The molecule has 4 aliphatic rings. The third kappa shape index (κ3) is 4.68. The zero-order valence-corrected chi connectivity index (χ0v) is 26.3. The van der Waals surface area contributed by atoms with Gasteiger partial charge >= 0.3 is 11.9 Å². The van der Waals surface area contributed by atoms with Crippen LogP contribution < -0.4 is 0 Å². The summed E-state index contributed by atoms with van der Waals surface area (Å²) in [6.07, 6.45) is 12.5. The number of hydrogen-bond acceptors (Lipinski definition) is 7. The molecule has 3 fully saturated rings. The number of allylic oxidation sites excluding steroid dienone is 4. The number of methoxy groups -OCH3 is 1. The quantitative estimate of drug-likeness (QED) is 0.246. The Morgan fingerprint density at radius 2 is 1.52 bits per heavy atom. The maximum absolute atomic E-state index is 13.6. The summed E-state index contributed by atoms with van der Waals surface area (Å²) in [5, 5.41) is 0. The third-order valence-electron chi connectivity index (χ3n) is 10.8. The highest BCUT2D eigenvalue weighted by molar-refractivity contribution is 7.99. The molecular formula is C35H38O5S2. The summed E-state index contributed by atoms with van der Waals surface area (Å²) in [5.41, 5.74) is -0.319. The molecule has 220 valence electrons. The van der Waals surface area contributed by atoms with Gasteiger partial charge in [-0.2, -0.15) is 0 Å². The third-order valence-corrected chi connectivity index (χ3v) is 12.6. The van der Waals surface area contributed by atoms with Crippen LogP contribution in [0.2, 0.25) is 0 Å². The summed E-state index contributed by atoms with van der Waals surface area (Å²) in [7, 11) is 1.39. The second kappa shape index (κ2) is 11.1. The lowest BCUT2D eigenvalue weighted by Crippen LogP contribution is -2.59. The van der Waals surface area contributed by atoms with Gasteiger partial charge in [-0.25, -0.2) is 9.59 Å². The standard InChI is InChI=1S/C35H38O5S2/c1-33-18-15-24(36)21-23(33)7-14-28-29(33)16-19-34(2)30(28)17-20-35(34,32(38)39-3)40-31(37)22-5-8-26(9-6-22)42-27-12-10-25(41-4)11-13-27/h5-6,8-13,15,18,21,28-30H,7,14,16-17,19-20H2,1-4H3/t28-,29+,30+,33+,34+,35?/m1/s1. The highest BCUT2D eigenvalue weighted by Gasteiger charge is 2.69. The molecule has 4 aliphatic carbocycles. The highest BCUT2D eigenvalue weighted by atomic mass is 32.2. The first-order chi connectivity index (χ1) is 20.1. The molecule has 0 N–H and O–H groups in total. The second-order valence-corrected chi connectivity index (χ2v) is 14.6. The van der Waals surface area contributed by atoms with Crippen LogP contribution in [0.5, 0.6) is 0 Å². The van der Waals surface area contributed by atoms with Crippen LogP contribution in [0.15, 0.2) is 87.0 Å². The Labute approximate surface area is 256 Å². The Balaban J connectivity index is 1.23. The van der Waals surface area contributed by atoms with E-state index in [1.807, 2.05) is 18.2 Å². The minimum atomic E-state index is -1.32. The number of thioether (sulfide) groups is 1. The molecule has 6 rings (SSSR count). The zero-order valence-electron chi connectivity index (χ0n) is 24.7. The fourth-order valence-corrected chi connectivity index (χ4v) is 9.79. The fraction of sp³-hybridized carbons (Fsp3) is 0.457. The van der Waals surface area contributed by atoms with Crippen molar-refractivity contribution in [1.82, 2.24) is 0 Å². The van der Waals surface area contributed by atoms with Gasteiger partial charge in [-0.1, -0.05) is 37.3 Å². The number of rotatable bonds is 6. The van der Waals surface area contributed by atoms with E-state index in [9.17, 15) is 14.4 Å². The minimum Gasteiger partial charge on any atom is -0.466 e. The van der Waals surface area contributed by atoms with Crippen molar-refractivity contribution in [3.63, 3.8) is 0 Å². The van der Waals surface area contributed by atoms with Crippen LogP contribution in [0.25, 0.3) is 0 Å². The van der Waals surface area contributed by atoms with E-state index in [1.54, 1.807) is 41.7 Å². The maximum Gasteiger partial charge on any atom is 0.350 e. The Bertz CT molecular complexity index is 1460. The SMILES string of the molecule is COC(=O)C1(OC(=O)c2ccc(Sc3ccc(SC)cc3)cc2)CC[C@H]2[C@@H]3CCC4=CC(=O)C=C[C@]4(C)[C@H]3CC[C@@]21C. The summed E-state index contributed by atoms with van der Waals surface area (Å²) < 4.78 is 11.7. The number of hydrogen-bond donors (Lipinski definition) is 0. The lowest BCUT2D eigenvalue weighted by molar-refractivity contribution is -0.185. The number of fused-ring (bicyclic) bond motifs is 5. The topological polar surface area (TPSA) is 69.7 Å². The first kappa shape index (κ1) is 29.3. The Morgan fingerprint density at radius 1 is 0.881 bits per heavy atom. The molecule has 2 aromatic rings. The van der Waals surface area contributed by atoms with Crippen molar-refractivity contribution in [2.75, 3.05) is 13.4 Å². The van der Waals surface area contributed by atoms with Gasteiger partial charge in [-0.15, -0.1) is 11.8 Å². The average Bonchev–Trinajstić information content (AvgIpc) is 3.30. The number of benzene rings is 2. The molecule has 5 nitrogen and oxygen atoms in total. The summed E-state index contributed by atoms with van der Waals surface area (Å²) in [6.45, 7) is 4.41. The molecule has 0 aliphatic heterocycles. The summed E-state index contributed by atoms with van der Waals surface area (Å²) >= 11 is 3.35. The van der Waals surface area contributed by atoms with Gasteiger partial charge in [0.05, 0.1) is 12.7 Å². The van der Waals surface area contributed by atoms with Gasteiger partial charge in [0, 0.05) is 25.5 Å². The van der Waals surface area contributed by atoms with Crippen molar-refractivity contribution in [3.8, 4) is 0 Å². The van der Waals surface area contributed by atoms with E-state index in [0.717, 1.165) is 41.9 Å². The van der Waals surface area contributed by atoms with Crippen LogP contribution >= 0.6 is 23.5 Å². The smallest absolute Gasteiger partial charge is 0.350 e. The predicted octanol–water partition coefficient (Wildman–Crippen LogP) is 7.94. The highest BCUT2D eigenvalue weighted by Crippen LogP contribution is 2.68. The minimum absolute atomic E-state index is 0.0792. The number of ether oxygens (including phenoxy) is 2. The largest absolute Gasteiger partial charge is 0.466 e. The lowest BCUT2D eigenvalue weighted by Gasteiger charge is -2.57. The van der Waals surface area contributed by atoms with Crippen LogP contribution in [0.4, 0.5) is 0 Å². The lowest BCUT2D eigenvalue weighted by atomic mass is 9.47. The maximum atomic E-state index is 13.6. The van der Waals surface area contributed by atoms with Gasteiger partial charge < -0.3 is 9.47 Å². The molecule has 7 heteroatoms. The number of esters is 2. The van der Waals surface area contributed by atoms with Crippen molar-refractivity contribution in [2.45, 2.75) is 72.7 Å². The predicted molar refractivity (Wildman–Crippen MR) is 166 cm³/mol. The van der Waals surface area contributed by atoms with Crippen molar-refractivity contribution in [1.29, 1.82) is 0 Å². The van der Waals surface area contributed by atoms with Crippen LogP contribution in [0, 0.1) is 28.6 Å². The molecule has 2 aromatic carbocycles. The van der Waals surface area contributed by atoms with Crippen molar-refractivity contribution < 1.29 is 23.9 Å². The van der Waals surface area contributed by atoms with Crippen LogP contribution in [0.1, 0.15) is 62.7 Å². The Kier molecular flexibility index (Phi) is 7.72. The molecule has 0 aromatic heterocycles. The molecule has 0 saturated heterocycles. The van der Waals surface area contributed by atoms with Gasteiger partial charge in [0.1, 0.15) is 0 Å². The monoisotopic (exact) mass is 602 g/mol. The van der Waals surface area contributed by atoms with E-state index < -0.39 is 23.0 Å². The molecule has 42 heavy (non-hydrogen) atoms. The van der Waals surface area contributed by atoms with Crippen LogP contribution in [-0.2, 0) is 19.1 Å². The van der Waals surface area contributed by atoms with Gasteiger partial charge in [0.25, 0.3) is 0 Å². The van der Waals surface area contributed by atoms with E-state index in [-0.39, 0.29) is 17.1 Å². The van der Waals surface area contributed by atoms with Crippen molar-refractivity contribution >= 4 is 41.2 Å². The summed E-state index contributed by atoms with van der Waals surface area (Å²) in [5.74, 6) is 0.145. The molecular weight excluding hydrogens is 565 g/mol. The van der Waals surface area contributed by atoms with Crippen LogP contribution in [-0.4, -0.2) is 36.7 Å². The van der Waals surface area contributed by atoms with E-state index >= 15 is 0 Å². The molecule has 3 saturated carbocycles. The number of carbonyl (C=O) groups is 3. The van der Waals surface area contributed by atoms with Gasteiger partial charge in [0.15, 0.2) is 5.78 Å². The molecule has 0 heterocycles. The Hall–Kier alpha value is -2.77. The van der Waals surface area contributed by atoms with E-state index in [0.29, 0.717) is 23.8 Å². The summed E-state index contributed by atoms with van der Waals surface area (Å²) in [4.78, 5) is 42.7. The van der Waals surface area contributed by atoms with Gasteiger partial charge in [-0.3, -0.25) is 4.79 Å². The molecule has 1 unspecified atom stereocenters. The Morgan fingerprint density at radius 3 is 2.19 bits per heavy atom. The first-order valence-corrected chi connectivity index (χ1v) is 16.9. The van der Waals surface area contributed by atoms with E-state index in [1.165, 1.54) is 17.6 Å². The number of ketones is 1. The molecule has 0 radical (unpaired) electrons. The zero-order chi connectivity index (χ0) is 29.7. The molecule has 0 amide bonds. The molecule has 0 spiro atoms. The number of carbonyl (C=O) groups excluding carboxylic acids is 3. The van der Waals surface area contributed by atoms with Crippen LogP contribution in [0.3, 0.4) is 0 Å². The first-order valence-electron chi connectivity index (χ1n) is 14.8. The summed E-state index contributed by atoms with van der Waals surface area (Å²) in [6, 6.07) is 15.8. The molecule has 6 atom stereocenters. The second-order valence-electron chi connectivity index (χ2n) is 12.6. The van der Waals surface area contributed by atoms with E-state index in [4.69, 9.17) is 9.47 Å². The van der Waals surface area contributed by atoms with Gasteiger partial charge in [0.2, 0.25) is 5.60 Å². The average molecular weight is 603 g/mol. The fourth-order valence-electron chi connectivity index (χ4n) is 8.56. The van der Waals surface area contributed by atoms with E-state index in [2.05, 4.69) is 50.4 Å².